The molecule has 0 aromatic rings. The lowest BCUT2D eigenvalue weighted by atomic mass is 9.91. The number of carbonyl (C=O) groups is 2. The van der Waals surface area contributed by atoms with E-state index in [9.17, 15) is 18.4 Å². The molecule has 0 aliphatic carbocycles. The molecule has 20 heavy (non-hydrogen) atoms. The molecule has 7 heteroatoms. The summed E-state index contributed by atoms with van der Waals surface area (Å²) in [6.45, 7) is 5.89. The lowest BCUT2D eigenvalue weighted by molar-refractivity contribution is -0.153. The highest BCUT2D eigenvalue weighted by Crippen LogP contribution is 2.21. The van der Waals surface area contributed by atoms with Crippen LogP contribution in [0.15, 0.2) is 0 Å². The fourth-order valence-electron chi connectivity index (χ4n) is 1.01. The van der Waals surface area contributed by atoms with Gasteiger partial charge in [-0.05, 0) is 27.2 Å². The van der Waals surface area contributed by atoms with Crippen LogP contribution in [0.4, 0.5) is 13.6 Å². The Morgan fingerprint density at radius 3 is 2.20 bits per heavy atom. The molecule has 5 nitrogen and oxygen atoms in total. The molecule has 0 unspecified atom stereocenters. The summed E-state index contributed by atoms with van der Waals surface area (Å²) in [5.74, 6) is -3.21. The van der Waals surface area contributed by atoms with Crippen molar-refractivity contribution in [3.05, 3.63) is 0 Å². The Labute approximate surface area is 118 Å². The molecule has 0 rings (SSSR count). The first-order valence-corrected chi connectivity index (χ1v) is 6.54. The van der Waals surface area contributed by atoms with Crippen molar-refractivity contribution < 1.29 is 27.8 Å². The zero-order valence-corrected chi connectivity index (χ0v) is 12.4. The molecule has 0 heterocycles. The van der Waals surface area contributed by atoms with Gasteiger partial charge < -0.3 is 14.8 Å². The number of rotatable bonds is 8. The van der Waals surface area contributed by atoms with Crippen LogP contribution in [0.2, 0.25) is 0 Å². The number of hydrogen-bond donors (Lipinski definition) is 1. The van der Waals surface area contributed by atoms with E-state index in [0.29, 0.717) is 6.42 Å². The van der Waals surface area contributed by atoms with Crippen LogP contribution in [0, 0.1) is 5.41 Å². The zero-order valence-electron chi connectivity index (χ0n) is 12.4. The molecule has 0 saturated heterocycles. The largest absolute Gasteiger partial charge is 0.463 e. The number of ether oxygens (including phenoxy) is 2. The molecule has 0 spiro atoms. The second-order valence-corrected chi connectivity index (χ2v) is 5.26. The second-order valence-electron chi connectivity index (χ2n) is 5.26. The molecule has 0 aliphatic heterocycles. The van der Waals surface area contributed by atoms with Crippen LogP contribution in [-0.4, -0.2) is 37.7 Å². The number of halogens is 2. The highest BCUT2D eigenvalue weighted by Gasteiger charge is 2.26. The standard InChI is InChI=1S/C13H23F2NO4/c1-5-12(2,3)10(17)19-9-7-16-11(18)20-8-6-13(4,14)15/h5-9H2,1-4H3,(H,16,18). The summed E-state index contributed by atoms with van der Waals surface area (Å²) in [7, 11) is 0. The minimum Gasteiger partial charge on any atom is -0.463 e. The maximum atomic E-state index is 12.4. The van der Waals surface area contributed by atoms with Gasteiger partial charge in [-0.15, -0.1) is 0 Å². The van der Waals surface area contributed by atoms with E-state index in [2.05, 4.69) is 10.1 Å². The Bertz CT molecular complexity index is 327. The smallest absolute Gasteiger partial charge is 0.407 e. The van der Waals surface area contributed by atoms with Gasteiger partial charge in [-0.1, -0.05) is 6.92 Å². The highest BCUT2D eigenvalue weighted by atomic mass is 19.3. The number of hydrogen-bond acceptors (Lipinski definition) is 4. The first-order valence-electron chi connectivity index (χ1n) is 6.54. The van der Waals surface area contributed by atoms with E-state index in [4.69, 9.17) is 4.74 Å². The van der Waals surface area contributed by atoms with E-state index in [0.717, 1.165) is 6.92 Å². The third kappa shape index (κ3) is 8.66. The summed E-state index contributed by atoms with van der Waals surface area (Å²) >= 11 is 0. The summed E-state index contributed by atoms with van der Waals surface area (Å²) in [6, 6.07) is 0. The van der Waals surface area contributed by atoms with Crippen LogP contribution in [0.5, 0.6) is 0 Å². The summed E-state index contributed by atoms with van der Waals surface area (Å²) in [6.07, 6.45) is -0.688. The summed E-state index contributed by atoms with van der Waals surface area (Å²) < 4.78 is 34.4. The summed E-state index contributed by atoms with van der Waals surface area (Å²) in [5.41, 5.74) is -0.562. The molecular formula is C13H23F2NO4. The van der Waals surface area contributed by atoms with Gasteiger partial charge in [-0.3, -0.25) is 4.79 Å². The lowest BCUT2D eigenvalue weighted by Gasteiger charge is -2.20. The number of nitrogens with one attached hydrogen (secondary N) is 1. The number of alkyl carbamates (subject to hydrolysis) is 1. The number of alkyl halides is 2. The SMILES string of the molecule is CCC(C)(C)C(=O)OCCNC(=O)OCCC(C)(F)F. The van der Waals surface area contributed by atoms with Crippen LogP contribution in [0.1, 0.15) is 40.5 Å². The molecule has 0 fully saturated rings. The third-order valence-corrected chi connectivity index (χ3v) is 2.82. The Morgan fingerprint density at radius 1 is 1.10 bits per heavy atom. The number of carbonyl (C=O) groups excluding carboxylic acids is 2. The molecular weight excluding hydrogens is 272 g/mol. The van der Waals surface area contributed by atoms with Crippen molar-refractivity contribution in [1.82, 2.24) is 5.32 Å². The van der Waals surface area contributed by atoms with Crippen LogP contribution >= 0.6 is 0 Å². The predicted molar refractivity (Wildman–Crippen MR) is 69.6 cm³/mol. The topological polar surface area (TPSA) is 64.6 Å². The predicted octanol–water partition coefficient (Wildman–Crippen LogP) is 2.74. The van der Waals surface area contributed by atoms with Gasteiger partial charge in [0.1, 0.15) is 6.61 Å². The molecule has 1 N–H and O–H groups in total. The second kappa shape index (κ2) is 8.01. The molecule has 0 saturated carbocycles. The molecule has 0 aromatic heterocycles. The summed E-state index contributed by atoms with van der Waals surface area (Å²) in [5, 5.41) is 2.31. The minimum atomic E-state index is -2.86. The molecule has 0 atom stereocenters. The molecule has 0 radical (unpaired) electrons. The first kappa shape index (κ1) is 18.6. The van der Waals surface area contributed by atoms with Crippen LogP contribution in [-0.2, 0) is 14.3 Å². The van der Waals surface area contributed by atoms with Gasteiger partial charge >= 0.3 is 12.1 Å². The van der Waals surface area contributed by atoms with Gasteiger partial charge in [0.15, 0.2) is 0 Å². The lowest BCUT2D eigenvalue weighted by Crippen LogP contribution is -2.32. The van der Waals surface area contributed by atoms with Crippen LogP contribution in [0.25, 0.3) is 0 Å². The number of esters is 1. The van der Waals surface area contributed by atoms with Gasteiger partial charge in [0.05, 0.1) is 18.6 Å². The van der Waals surface area contributed by atoms with Crippen molar-refractivity contribution in [3.63, 3.8) is 0 Å². The van der Waals surface area contributed by atoms with Crippen LogP contribution in [0.3, 0.4) is 0 Å². The average molecular weight is 295 g/mol. The monoisotopic (exact) mass is 295 g/mol. The van der Waals surface area contributed by atoms with Crippen molar-refractivity contribution in [2.45, 2.75) is 46.5 Å². The quantitative estimate of drug-likeness (QED) is 0.552. The van der Waals surface area contributed by atoms with Crippen molar-refractivity contribution in [3.8, 4) is 0 Å². The van der Waals surface area contributed by atoms with Crippen molar-refractivity contribution in [2.75, 3.05) is 19.8 Å². The fraction of sp³-hybridized carbons (Fsp3) is 0.846. The van der Waals surface area contributed by atoms with Crippen molar-refractivity contribution in [2.24, 2.45) is 5.41 Å². The minimum absolute atomic E-state index is 0.0152. The van der Waals surface area contributed by atoms with Gasteiger partial charge in [-0.25, -0.2) is 13.6 Å². The van der Waals surface area contributed by atoms with Gasteiger partial charge in [0.25, 0.3) is 0 Å². The molecule has 0 aliphatic rings. The Balaban J connectivity index is 3.70. The van der Waals surface area contributed by atoms with E-state index >= 15 is 0 Å². The Kier molecular flexibility index (Phi) is 7.45. The molecule has 118 valence electrons. The Hall–Kier alpha value is -1.40. The van der Waals surface area contributed by atoms with Gasteiger partial charge in [0.2, 0.25) is 5.92 Å². The van der Waals surface area contributed by atoms with E-state index in [1.54, 1.807) is 13.8 Å². The van der Waals surface area contributed by atoms with Gasteiger partial charge in [0, 0.05) is 6.42 Å². The highest BCUT2D eigenvalue weighted by molar-refractivity contribution is 5.75. The third-order valence-electron chi connectivity index (χ3n) is 2.82. The fourth-order valence-corrected chi connectivity index (χ4v) is 1.01. The van der Waals surface area contributed by atoms with E-state index in [1.165, 1.54) is 0 Å². The zero-order chi connectivity index (χ0) is 15.8. The van der Waals surface area contributed by atoms with E-state index < -0.39 is 23.9 Å². The first-order chi connectivity index (χ1) is 9.08. The average Bonchev–Trinajstić information content (AvgIpc) is 2.32. The van der Waals surface area contributed by atoms with E-state index in [-0.39, 0.29) is 25.7 Å². The van der Waals surface area contributed by atoms with Crippen LogP contribution < -0.4 is 5.32 Å². The summed E-state index contributed by atoms with van der Waals surface area (Å²) in [4.78, 5) is 22.7. The van der Waals surface area contributed by atoms with E-state index in [1.807, 2.05) is 6.92 Å². The number of amides is 1. The molecule has 1 amide bonds. The maximum absolute atomic E-state index is 12.4. The van der Waals surface area contributed by atoms with Gasteiger partial charge in [-0.2, -0.15) is 0 Å². The molecule has 0 aromatic carbocycles. The maximum Gasteiger partial charge on any atom is 0.407 e. The van der Waals surface area contributed by atoms with Crippen molar-refractivity contribution >= 4 is 12.1 Å². The Morgan fingerprint density at radius 2 is 1.70 bits per heavy atom. The normalized spacial score (nSPS) is 11.9. The van der Waals surface area contributed by atoms with Crippen molar-refractivity contribution in [1.29, 1.82) is 0 Å². The molecule has 0 bridgehead atoms.